The first-order valence-electron chi connectivity index (χ1n) is 4.53. The van der Waals surface area contributed by atoms with Gasteiger partial charge in [0.1, 0.15) is 7.11 Å². The van der Waals surface area contributed by atoms with Crippen LogP contribution in [0, 0.1) is 5.92 Å². The minimum Gasteiger partial charge on any atom is -0.412 e. The maximum absolute atomic E-state index is 5.51. The van der Waals surface area contributed by atoms with Gasteiger partial charge in [0.15, 0.2) is 0 Å². The summed E-state index contributed by atoms with van der Waals surface area (Å²) in [4.78, 5) is 0. The molecule has 0 bridgehead atoms. The van der Waals surface area contributed by atoms with E-state index in [1.165, 1.54) is 25.7 Å². The third-order valence-corrected chi connectivity index (χ3v) is 2.41. The molecule has 1 rings (SSSR count). The molecule has 0 unspecified atom stereocenters. The highest BCUT2D eigenvalue weighted by Gasteiger charge is 2.16. The monoisotopic (exact) mass is 159 g/mol. The molecular formula is C9H19O2+. The van der Waals surface area contributed by atoms with E-state index in [0.29, 0.717) is 0 Å². The van der Waals surface area contributed by atoms with E-state index < -0.39 is 0 Å². The summed E-state index contributed by atoms with van der Waals surface area (Å²) in [5.41, 5.74) is 0. The first kappa shape index (κ1) is 9.01. The van der Waals surface area contributed by atoms with Crippen LogP contribution in [0.5, 0.6) is 0 Å². The van der Waals surface area contributed by atoms with Gasteiger partial charge >= 0.3 is 0 Å². The fourth-order valence-electron chi connectivity index (χ4n) is 1.53. The number of rotatable bonds is 4. The Morgan fingerprint density at radius 1 is 1.45 bits per heavy atom. The second-order valence-electron chi connectivity index (χ2n) is 3.34. The highest BCUT2D eigenvalue weighted by molar-refractivity contribution is 4.66. The van der Waals surface area contributed by atoms with Crippen LogP contribution < -0.4 is 0 Å². The summed E-state index contributed by atoms with van der Waals surface area (Å²) < 4.78 is 9.54. The lowest BCUT2D eigenvalue weighted by Crippen LogP contribution is -2.18. The van der Waals surface area contributed by atoms with E-state index in [0.717, 1.165) is 12.5 Å². The van der Waals surface area contributed by atoms with Gasteiger partial charge in [-0.2, -0.15) is 0 Å². The second kappa shape index (κ2) is 4.73. The van der Waals surface area contributed by atoms with Gasteiger partial charge in [-0.3, -0.25) is 0 Å². The first-order valence-corrected chi connectivity index (χ1v) is 4.53. The fourth-order valence-corrected chi connectivity index (χ4v) is 1.53. The van der Waals surface area contributed by atoms with E-state index >= 15 is 0 Å². The lowest BCUT2D eigenvalue weighted by atomic mass is 10.1. The summed E-state index contributed by atoms with van der Waals surface area (Å²) in [5, 5.41) is 0. The number of aliphatic hydroxyl groups is 2. The first-order chi connectivity index (χ1) is 5.33. The van der Waals surface area contributed by atoms with Crippen LogP contribution in [-0.4, -0.2) is 24.7 Å². The van der Waals surface area contributed by atoms with Crippen LogP contribution in [0.2, 0.25) is 0 Å². The molecule has 2 heteroatoms. The van der Waals surface area contributed by atoms with Gasteiger partial charge in [-0.15, -0.1) is 0 Å². The summed E-state index contributed by atoms with van der Waals surface area (Å²) in [6, 6.07) is 0. The molecule has 1 aliphatic carbocycles. The molecule has 0 aliphatic heterocycles. The minimum absolute atomic E-state index is 0.0931. The normalized spacial score (nSPS) is 22.4. The number of ether oxygens (including phenoxy) is 2. The third kappa shape index (κ3) is 3.21. The predicted octanol–water partition coefficient (Wildman–Crippen LogP) is 1.70. The average Bonchev–Trinajstić information content (AvgIpc) is 2.52. The Labute approximate surface area is 68.9 Å². The summed E-state index contributed by atoms with van der Waals surface area (Å²) in [6.07, 6.45) is 5.60. The highest BCUT2D eigenvalue weighted by Crippen LogP contribution is 2.24. The van der Waals surface area contributed by atoms with Crippen LogP contribution >= 0.6 is 0 Å². The summed E-state index contributed by atoms with van der Waals surface area (Å²) in [6.45, 7) is 2.91. The lowest BCUT2D eigenvalue weighted by Gasteiger charge is -2.11. The molecule has 0 amide bonds. The molecule has 2 nitrogen and oxygen atoms in total. The lowest BCUT2D eigenvalue weighted by molar-refractivity contribution is -0.209. The molecule has 0 aromatic rings. The second-order valence-corrected chi connectivity index (χ2v) is 3.34. The Kier molecular flexibility index (Phi) is 3.87. The van der Waals surface area contributed by atoms with Crippen LogP contribution in [0.3, 0.4) is 0 Å². The van der Waals surface area contributed by atoms with E-state index in [-0.39, 0.29) is 6.29 Å². The minimum atomic E-state index is 0.0931. The number of hydrogen-bond donors (Lipinski definition) is 0. The zero-order valence-electron chi connectivity index (χ0n) is 7.55. The molecule has 11 heavy (non-hydrogen) atoms. The third-order valence-electron chi connectivity index (χ3n) is 2.41. The van der Waals surface area contributed by atoms with E-state index in [1.54, 1.807) is 7.11 Å². The molecule has 1 N–H and O–H groups in total. The predicted molar refractivity (Wildman–Crippen MR) is 45.5 cm³/mol. The Bertz CT molecular complexity index is 97.7. The van der Waals surface area contributed by atoms with Gasteiger partial charge in [0.05, 0.1) is 6.61 Å². The topological polar surface area (TPSA) is 22.0 Å². The summed E-state index contributed by atoms with van der Waals surface area (Å²) in [7, 11) is 1.80. The van der Waals surface area contributed by atoms with Crippen molar-refractivity contribution in [2.75, 3.05) is 13.7 Å². The van der Waals surface area contributed by atoms with Gasteiger partial charge in [0, 0.05) is 6.92 Å². The van der Waals surface area contributed by atoms with Gasteiger partial charge in [-0.05, 0) is 18.8 Å². The molecule has 1 aliphatic rings. The molecule has 1 fully saturated rings. The summed E-state index contributed by atoms with van der Waals surface area (Å²) in [5.74, 6) is 0.819. The maximum Gasteiger partial charge on any atom is 0.261 e. The Morgan fingerprint density at radius 3 is 2.64 bits per heavy atom. The van der Waals surface area contributed by atoms with E-state index in [1.807, 2.05) is 6.92 Å². The van der Waals surface area contributed by atoms with Crippen molar-refractivity contribution in [3.05, 3.63) is 0 Å². The van der Waals surface area contributed by atoms with Crippen molar-refractivity contribution in [2.24, 2.45) is 5.92 Å². The number of hydrogen-bond acceptors (Lipinski definition) is 1. The molecular weight excluding hydrogens is 140 g/mol. The van der Waals surface area contributed by atoms with Crippen LogP contribution in [-0.2, 0) is 4.74 Å². The summed E-state index contributed by atoms with van der Waals surface area (Å²) >= 11 is 0. The van der Waals surface area contributed by atoms with Gasteiger partial charge in [0.25, 0.3) is 6.29 Å². The van der Waals surface area contributed by atoms with Crippen molar-refractivity contribution in [2.45, 2.75) is 38.9 Å². The van der Waals surface area contributed by atoms with Crippen molar-refractivity contribution in [3.8, 4) is 0 Å². The highest BCUT2D eigenvalue weighted by atomic mass is 16.7. The van der Waals surface area contributed by atoms with E-state index in [4.69, 9.17) is 4.74 Å². The molecule has 0 saturated heterocycles. The maximum atomic E-state index is 5.51. The molecule has 0 radical (unpaired) electrons. The zero-order valence-corrected chi connectivity index (χ0v) is 7.55. The Balaban J connectivity index is 2.01. The zero-order chi connectivity index (χ0) is 8.10. The SMILES string of the molecule is C[OH+][C@H](C)OCC1CCCC1. The Hall–Kier alpha value is -0.0800. The average molecular weight is 159 g/mol. The molecule has 0 aromatic carbocycles. The molecule has 0 spiro atoms. The molecule has 66 valence electrons. The van der Waals surface area contributed by atoms with Crippen LogP contribution in [0.1, 0.15) is 32.6 Å². The van der Waals surface area contributed by atoms with Crippen molar-refractivity contribution in [1.82, 2.24) is 0 Å². The van der Waals surface area contributed by atoms with Crippen LogP contribution in [0.4, 0.5) is 0 Å². The fraction of sp³-hybridized carbons (Fsp3) is 1.00. The van der Waals surface area contributed by atoms with Gasteiger partial charge in [-0.1, -0.05) is 12.8 Å². The van der Waals surface area contributed by atoms with Crippen LogP contribution in [0.15, 0.2) is 0 Å². The molecule has 0 aromatic heterocycles. The standard InChI is InChI=1S/C9H18O2/c1-8(10-2)11-7-9-5-3-4-6-9/h8-9H,3-7H2,1-2H3/p+1/t8-/m0/s1. The molecule has 1 saturated carbocycles. The van der Waals surface area contributed by atoms with Gasteiger partial charge in [0.2, 0.25) is 0 Å². The van der Waals surface area contributed by atoms with E-state index in [9.17, 15) is 0 Å². The van der Waals surface area contributed by atoms with Crippen LogP contribution in [0.25, 0.3) is 0 Å². The van der Waals surface area contributed by atoms with Gasteiger partial charge in [-0.25, -0.2) is 0 Å². The largest absolute Gasteiger partial charge is 0.412 e. The van der Waals surface area contributed by atoms with Crippen molar-refractivity contribution < 1.29 is 9.47 Å². The van der Waals surface area contributed by atoms with Crippen molar-refractivity contribution >= 4 is 0 Å². The smallest absolute Gasteiger partial charge is 0.261 e. The quantitative estimate of drug-likeness (QED) is 0.452. The molecule has 0 heterocycles. The van der Waals surface area contributed by atoms with Gasteiger partial charge < -0.3 is 9.47 Å². The Morgan fingerprint density at radius 2 is 2.09 bits per heavy atom. The van der Waals surface area contributed by atoms with Crippen molar-refractivity contribution in [1.29, 1.82) is 0 Å². The van der Waals surface area contributed by atoms with Crippen molar-refractivity contribution in [3.63, 3.8) is 0 Å². The van der Waals surface area contributed by atoms with E-state index in [2.05, 4.69) is 4.74 Å². The molecule has 1 atom stereocenters.